The Labute approximate surface area is 142 Å². The summed E-state index contributed by atoms with van der Waals surface area (Å²) in [6, 6.07) is 17.7. The van der Waals surface area contributed by atoms with Gasteiger partial charge in [0.1, 0.15) is 17.7 Å². The Hall–Kier alpha value is -3.09. The van der Waals surface area contributed by atoms with E-state index in [1.54, 1.807) is 36.4 Å². The summed E-state index contributed by atoms with van der Waals surface area (Å²) < 4.78 is 0.929. The molecule has 0 aromatic heterocycles. The first-order valence-electron chi connectivity index (χ1n) is 6.57. The van der Waals surface area contributed by atoms with Crippen LogP contribution in [0.15, 0.2) is 64.8 Å². The van der Waals surface area contributed by atoms with E-state index in [0.717, 1.165) is 10.2 Å². The number of carbonyl (C=O) groups excluding carboxylic acids is 1. The minimum Gasteiger partial charge on any atom is -0.360 e. The number of nitrogens with zero attached hydrogens (tertiary/aromatic N) is 2. The van der Waals surface area contributed by atoms with Crippen molar-refractivity contribution in [2.75, 3.05) is 10.6 Å². The van der Waals surface area contributed by atoms with E-state index in [1.807, 2.05) is 24.3 Å². The maximum absolute atomic E-state index is 12.1. The van der Waals surface area contributed by atoms with Crippen LogP contribution in [0.3, 0.4) is 0 Å². The third-order valence-electron chi connectivity index (χ3n) is 2.89. The van der Waals surface area contributed by atoms with E-state index < -0.39 is 5.91 Å². The minimum absolute atomic E-state index is 0.0966. The lowest BCUT2D eigenvalue weighted by atomic mass is 10.2. The SMILES string of the molecule is N#C/C(=C/Nc1ccc(Br)cc1)C(=O)Nc1ccccc1C#N. The average molecular weight is 367 g/mol. The molecule has 0 atom stereocenters. The smallest absolute Gasteiger partial charge is 0.267 e. The molecule has 6 heteroatoms. The summed E-state index contributed by atoms with van der Waals surface area (Å²) in [5, 5.41) is 23.6. The Balaban J connectivity index is 2.12. The molecule has 2 rings (SSSR count). The highest BCUT2D eigenvalue weighted by molar-refractivity contribution is 9.10. The first kappa shape index (κ1) is 16.3. The second-order valence-electron chi connectivity index (χ2n) is 4.43. The zero-order valence-corrected chi connectivity index (χ0v) is 13.5. The number of hydrogen-bond acceptors (Lipinski definition) is 4. The maximum atomic E-state index is 12.1. The topological polar surface area (TPSA) is 88.7 Å². The molecule has 1 amide bonds. The van der Waals surface area contributed by atoms with Gasteiger partial charge in [-0.2, -0.15) is 10.5 Å². The largest absolute Gasteiger partial charge is 0.360 e. The van der Waals surface area contributed by atoms with Crippen LogP contribution in [0.2, 0.25) is 0 Å². The van der Waals surface area contributed by atoms with Crippen LogP contribution in [-0.4, -0.2) is 5.91 Å². The van der Waals surface area contributed by atoms with Gasteiger partial charge in [0.25, 0.3) is 5.91 Å². The van der Waals surface area contributed by atoms with Crippen LogP contribution >= 0.6 is 15.9 Å². The normalized spacial score (nSPS) is 10.3. The summed E-state index contributed by atoms with van der Waals surface area (Å²) in [6.45, 7) is 0. The highest BCUT2D eigenvalue weighted by atomic mass is 79.9. The second kappa shape index (κ2) is 7.79. The summed E-state index contributed by atoms with van der Waals surface area (Å²) in [4.78, 5) is 12.1. The molecule has 23 heavy (non-hydrogen) atoms. The van der Waals surface area contributed by atoms with Gasteiger partial charge in [0.15, 0.2) is 0 Å². The van der Waals surface area contributed by atoms with Gasteiger partial charge in [-0.15, -0.1) is 0 Å². The lowest BCUT2D eigenvalue weighted by Gasteiger charge is -2.06. The molecule has 0 bridgehead atoms. The summed E-state index contributed by atoms with van der Waals surface area (Å²) in [7, 11) is 0. The Bertz CT molecular complexity index is 829. The predicted octanol–water partition coefficient (Wildman–Crippen LogP) is 3.78. The van der Waals surface area contributed by atoms with Gasteiger partial charge in [-0.05, 0) is 36.4 Å². The van der Waals surface area contributed by atoms with Gasteiger partial charge in [0.2, 0.25) is 0 Å². The van der Waals surface area contributed by atoms with E-state index in [1.165, 1.54) is 6.20 Å². The molecule has 0 aliphatic rings. The van der Waals surface area contributed by atoms with Crippen molar-refractivity contribution in [3.63, 3.8) is 0 Å². The van der Waals surface area contributed by atoms with Gasteiger partial charge < -0.3 is 10.6 Å². The molecule has 0 fully saturated rings. The Morgan fingerprint density at radius 1 is 1.09 bits per heavy atom. The van der Waals surface area contributed by atoms with Crippen LogP contribution < -0.4 is 10.6 Å². The quantitative estimate of drug-likeness (QED) is 0.636. The van der Waals surface area contributed by atoms with Crippen molar-refractivity contribution in [1.29, 1.82) is 10.5 Å². The Kier molecular flexibility index (Phi) is 5.51. The van der Waals surface area contributed by atoms with Gasteiger partial charge >= 0.3 is 0 Å². The van der Waals surface area contributed by atoms with E-state index in [0.29, 0.717) is 11.3 Å². The fraction of sp³-hybridized carbons (Fsp3) is 0. The van der Waals surface area contributed by atoms with Crippen molar-refractivity contribution in [2.45, 2.75) is 0 Å². The number of hydrogen-bond donors (Lipinski definition) is 2. The standard InChI is InChI=1S/C17H11BrN4O/c18-14-5-7-15(8-6-14)21-11-13(10-20)17(23)22-16-4-2-1-3-12(16)9-19/h1-8,11,21H,(H,22,23)/b13-11-. The van der Waals surface area contributed by atoms with Crippen molar-refractivity contribution in [1.82, 2.24) is 0 Å². The highest BCUT2D eigenvalue weighted by Crippen LogP contribution is 2.16. The van der Waals surface area contributed by atoms with Crippen LogP contribution in [0, 0.1) is 22.7 Å². The van der Waals surface area contributed by atoms with Gasteiger partial charge in [0, 0.05) is 16.4 Å². The Morgan fingerprint density at radius 2 is 1.78 bits per heavy atom. The minimum atomic E-state index is -0.584. The van der Waals surface area contributed by atoms with Gasteiger partial charge in [-0.1, -0.05) is 28.1 Å². The van der Waals surface area contributed by atoms with Crippen LogP contribution in [0.1, 0.15) is 5.56 Å². The molecular formula is C17H11BrN4O. The third kappa shape index (κ3) is 4.44. The number of benzene rings is 2. The fourth-order valence-electron chi connectivity index (χ4n) is 1.73. The molecular weight excluding hydrogens is 356 g/mol. The van der Waals surface area contributed by atoms with Crippen molar-refractivity contribution in [3.8, 4) is 12.1 Å². The van der Waals surface area contributed by atoms with Gasteiger partial charge in [-0.3, -0.25) is 4.79 Å². The van der Waals surface area contributed by atoms with Crippen LogP contribution in [0.5, 0.6) is 0 Å². The number of carbonyl (C=O) groups is 1. The highest BCUT2D eigenvalue weighted by Gasteiger charge is 2.11. The monoisotopic (exact) mass is 366 g/mol. The van der Waals surface area contributed by atoms with E-state index in [2.05, 4.69) is 26.6 Å². The number of para-hydroxylation sites is 1. The van der Waals surface area contributed by atoms with E-state index in [-0.39, 0.29) is 5.57 Å². The molecule has 0 saturated carbocycles. The molecule has 2 aromatic carbocycles. The summed E-state index contributed by atoms with van der Waals surface area (Å²) >= 11 is 3.33. The first-order chi connectivity index (χ1) is 11.1. The van der Waals surface area contributed by atoms with Crippen LogP contribution in [0.25, 0.3) is 0 Å². The number of rotatable bonds is 4. The third-order valence-corrected chi connectivity index (χ3v) is 3.42. The average Bonchev–Trinajstić information content (AvgIpc) is 2.57. The predicted molar refractivity (Wildman–Crippen MR) is 91.2 cm³/mol. The lowest BCUT2D eigenvalue weighted by Crippen LogP contribution is -2.15. The van der Waals surface area contributed by atoms with Crippen molar-refractivity contribution >= 4 is 33.2 Å². The number of anilines is 2. The second-order valence-corrected chi connectivity index (χ2v) is 5.35. The molecule has 112 valence electrons. The van der Waals surface area contributed by atoms with Crippen molar-refractivity contribution in [2.24, 2.45) is 0 Å². The molecule has 0 heterocycles. The summed E-state index contributed by atoms with van der Waals surface area (Å²) in [6.07, 6.45) is 1.33. The number of nitriles is 2. The molecule has 2 N–H and O–H groups in total. The molecule has 0 aliphatic heterocycles. The lowest BCUT2D eigenvalue weighted by molar-refractivity contribution is -0.112. The van der Waals surface area contributed by atoms with E-state index in [9.17, 15) is 4.79 Å². The van der Waals surface area contributed by atoms with Crippen LogP contribution in [-0.2, 0) is 4.79 Å². The van der Waals surface area contributed by atoms with E-state index >= 15 is 0 Å². The molecule has 5 nitrogen and oxygen atoms in total. The number of nitrogens with one attached hydrogen (secondary N) is 2. The molecule has 0 aliphatic carbocycles. The summed E-state index contributed by atoms with van der Waals surface area (Å²) in [5.74, 6) is -0.584. The zero-order chi connectivity index (χ0) is 16.7. The van der Waals surface area contributed by atoms with Gasteiger partial charge in [-0.25, -0.2) is 0 Å². The molecule has 0 saturated heterocycles. The summed E-state index contributed by atoms with van der Waals surface area (Å²) in [5.41, 5.74) is 1.34. The van der Waals surface area contributed by atoms with Crippen molar-refractivity contribution in [3.05, 3.63) is 70.3 Å². The number of amides is 1. The Morgan fingerprint density at radius 3 is 2.43 bits per heavy atom. The fourth-order valence-corrected chi connectivity index (χ4v) is 1.99. The van der Waals surface area contributed by atoms with Gasteiger partial charge in [0.05, 0.1) is 11.3 Å². The maximum Gasteiger partial charge on any atom is 0.267 e. The molecule has 0 spiro atoms. The molecule has 0 unspecified atom stereocenters. The molecule has 0 radical (unpaired) electrons. The molecule has 2 aromatic rings. The van der Waals surface area contributed by atoms with Crippen LogP contribution in [0.4, 0.5) is 11.4 Å². The van der Waals surface area contributed by atoms with Crippen molar-refractivity contribution < 1.29 is 4.79 Å². The zero-order valence-electron chi connectivity index (χ0n) is 11.9. The van der Waals surface area contributed by atoms with E-state index in [4.69, 9.17) is 10.5 Å². The number of halogens is 1. The first-order valence-corrected chi connectivity index (χ1v) is 7.36.